The molecular formula is C22H28N2O6. The van der Waals surface area contributed by atoms with Crippen molar-refractivity contribution in [3.63, 3.8) is 0 Å². The Morgan fingerprint density at radius 3 is 2.43 bits per heavy atom. The molecular weight excluding hydrogens is 388 g/mol. The number of benzene rings is 1. The van der Waals surface area contributed by atoms with Gasteiger partial charge in [0.1, 0.15) is 28.9 Å². The van der Waals surface area contributed by atoms with Gasteiger partial charge in [0.25, 0.3) is 5.91 Å². The minimum Gasteiger partial charge on any atom is -0.484 e. The first-order chi connectivity index (χ1) is 14.2. The molecule has 0 aliphatic rings. The van der Waals surface area contributed by atoms with Gasteiger partial charge < -0.3 is 24.1 Å². The third-order valence-corrected chi connectivity index (χ3v) is 4.51. The molecule has 2 aromatic rings. The molecule has 1 aromatic heterocycles. The molecule has 0 fully saturated rings. The second-order valence-electron chi connectivity index (χ2n) is 7.26. The van der Waals surface area contributed by atoms with Gasteiger partial charge in [0.2, 0.25) is 5.91 Å². The van der Waals surface area contributed by atoms with Crippen molar-refractivity contribution in [3.8, 4) is 5.75 Å². The minimum absolute atomic E-state index is 0.135. The van der Waals surface area contributed by atoms with Crippen molar-refractivity contribution in [2.45, 2.75) is 33.4 Å². The van der Waals surface area contributed by atoms with Crippen molar-refractivity contribution in [1.82, 2.24) is 10.2 Å². The second kappa shape index (κ2) is 10.5. The fourth-order valence-electron chi connectivity index (χ4n) is 2.88. The van der Waals surface area contributed by atoms with Crippen molar-refractivity contribution in [3.05, 3.63) is 53.5 Å². The monoisotopic (exact) mass is 416 g/mol. The molecule has 2 rings (SSSR count). The van der Waals surface area contributed by atoms with Crippen molar-refractivity contribution in [2.75, 3.05) is 20.8 Å². The number of amides is 2. The summed E-state index contributed by atoms with van der Waals surface area (Å²) < 4.78 is 15.7. The summed E-state index contributed by atoms with van der Waals surface area (Å²) in [4.78, 5) is 38.4. The number of hydrogen-bond donors (Lipinski definition) is 1. The molecule has 8 nitrogen and oxygen atoms in total. The number of nitrogens with one attached hydrogen (secondary N) is 1. The molecule has 162 valence electrons. The van der Waals surface area contributed by atoms with E-state index < -0.39 is 12.0 Å². The van der Waals surface area contributed by atoms with Crippen LogP contribution in [-0.4, -0.2) is 49.5 Å². The van der Waals surface area contributed by atoms with E-state index in [1.807, 2.05) is 32.0 Å². The van der Waals surface area contributed by atoms with E-state index >= 15 is 0 Å². The van der Waals surface area contributed by atoms with E-state index in [9.17, 15) is 14.4 Å². The Balaban J connectivity index is 1.98. The first kappa shape index (κ1) is 23.0. The first-order valence-corrected chi connectivity index (χ1v) is 9.62. The zero-order valence-corrected chi connectivity index (χ0v) is 17.9. The summed E-state index contributed by atoms with van der Waals surface area (Å²) in [5.74, 6) is 0.154. The Morgan fingerprint density at radius 2 is 1.83 bits per heavy atom. The van der Waals surface area contributed by atoms with Crippen LogP contribution < -0.4 is 10.1 Å². The summed E-state index contributed by atoms with van der Waals surface area (Å²) in [6.45, 7) is 5.31. The standard InChI is InChI=1S/C22H28N2O6/c1-14(2)20(23-19(25)13-29-16-9-7-6-8-10-16)21(26)24(4)12-17-11-18(15(3)30-17)22(27)28-5/h6-11,14,20H,12-13H2,1-5H3,(H,23,25)/t20-/m0/s1. The van der Waals surface area contributed by atoms with Crippen LogP contribution in [0.5, 0.6) is 5.75 Å². The second-order valence-corrected chi connectivity index (χ2v) is 7.26. The molecule has 0 bridgehead atoms. The lowest BCUT2D eigenvalue weighted by Crippen LogP contribution is -2.51. The van der Waals surface area contributed by atoms with Gasteiger partial charge in [-0.15, -0.1) is 0 Å². The molecule has 1 aromatic carbocycles. The highest BCUT2D eigenvalue weighted by Gasteiger charge is 2.28. The number of rotatable bonds is 9. The molecule has 0 spiro atoms. The van der Waals surface area contributed by atoms with Gasteiger partial charge in [0, 0.05) is 7.05 Å². The lowest BCUT2D eigenvalue weighted by atomic mass is 10.0. The van der Waals surface area contributed by atoms with E-state index in [2.05, 4.69) is 5.32 Å². The maximum atomic E-state index is 12.9. The Labute approximate surface area is 176 Å². The van der Waals surface area contributed by atoms with Crippen molar-refractivity contribution < 1.29 is 28.3 Å². The molecule has 1 heterocycles. The SMILES string of the molecule is COC(=O)c1cc(CN(C)C(=O)[C@@H](NC(=O)COc2ccccc2)C(C)C)oc1C. The number of furan rings is 1. The van der Waals surface area contributed by atoms with E-state index in [1.54, 1.807) is 32.2 Å². The first-order valence-electron chi connectivity index (χ1n) is 9.62. The fourth-order valence-corrected chi connectivity index (χ4v) is 2.88. The van der Waals surface area contributed by atoms with Crippen LogP contribution in [0.3, 0.4) is 0 Å². The number of carbonyl (C=O) groups excluding carboxylic acids is 3. The lowest BCUT2D eigenvalue weighted by molar-refractivity contribution is -0.137. The van der Waals surface area contributed by atoms with Gasteiger partial charge >= 0.3 is 5.97 Å². The van der Waals surface area contributed by atoms with Gasteiger partial charge in [0.05, 0.1) is 13.7 Å². The Hall–Kier alpha value is -3.29. The summed E-state index contributed by atoms with van der Waals surface area (Å²) in [6.07, 6.45) is 0. The van der Waals surface area contributed by atoms with Crippen LogP contribution in [0.4, 0.5) is 0 Å². The highest BCUT2D eigenvalue weighted by atomic mass is 16.5. The van der Waals surface area contributed by atoms with Gasteiger partial charge in [-0.2, -0.15) is 0 Å². The molecule has 8 heteroatoms. The summed E-state index contributed by atoms with van der Waals surface area (Å²) in [5.41, 5.74) is 0.320. The molecule has 0 radical (unpaired) electrons. The third kappa shape index (κ3) is 6.10. The van der Waals surface area contributed by atoms with Gasteiger partial charge in [0.15, 0.2) is 6.61 Å². The van der Waals surface area contributed by atoms with Gasteiger partial charge in [-0.1, -0.05) is 32.0 Å². The number of nitrogens with zero attached hydrogens (tertiary/aromatic N) is 1. The van der Waals surface area contributed by atoms with Crippen LogP contribution in [0.25, 0.3) is 0 Å². The topological polar surface area (TPSA) is 98.1 Å². The summed E-state index contributed by atoms with van der Waals surface area (Å²) >= 11 is 0. The predicted molar refractivity (Wildman–Crippen MR) is 110 cm³/mol. The van der Waals surface area contributed by atoms with E-state index in [4.69, 9.17) is 13.9 Å². The van der Waals surface area contributed by atoms with Gasteiger partial charge in [-0.3, -0.25) is 9.59 Å². The number of methoxy groups -OCH3 is 1. The number of ether oxygens (including phenoxy) is 2. The summed E-state index contributed by atoms with van der Waals surface area (Å²) in [7, 11) is 2.90. The van der Waals surface area contributed by atoms with E-state index in [-0.39, 0.29) is 30.9 Å². The maximum absolute atomic E-state index is 12.9. The van der Waals surface area contributed by atoms with Crippen LogP contribution in [0, 0.1) is 12.8 Å². The van der Waals surface area contributed by atoms with Crippen molar-refractivity contribution >= 4 is 17.8 Å². The lowest BCUT2D eigenvalue weighted by Gasteiger charge is -2.26. The summed E-state index contributed by atoms with van der Waals surface area (Å²) in [5, 5.41) is 2.74. The average molecular weight is 416 g/mol. The van der Waals surface area contributed by atoms with Crippen molar-refractivity contribution in [2.24, 2.45) is 5.92 Å². The quantitative estimate of drug-likeness (QED) is 0.631. The highest BCUT2D eigenvalue weighted by Crippen LogP contribution is 2.18. The Kier molecular flexibility index (Phi) is 8.03. The number of carbonyl (C=O) groups is 3. The molecule has 0 aliphatic heterocycles. The van der Waals surface area contributed by atoms with Crippen LogP contribution in [0.1, 0.15) is 35.7 Å². The number of likely N-dealkylation sites (N-methyl/N-ethyl adjacent to an activating group) is 1. The van der Waals surface area contributed by atoms with E-state index in [0.29, 0.717) is 22.8 Å². The van der Waals surface area contributed by atoms with Crippen LogP contribution in [-0.2, 0) is 20.9 Å². The van der Waals surface area contributed by atoms with E-state index in [0.717, 1.165) is 0 Å². The Morgan fingerprint density at radius 1 is 1.17 bits per heavy atom. The van der Waals surface area contributed by atoms with Crippen LogP contribution >= 0.6 is 0 Å². The van der Waals surface area contributed by atoms with Gasteiger partial charge in [-0.25, -0.2) is 4.79 Å². The normalized spacial score (nSPS) is 11.7. The maximum Gasteiger partial charge on any atom is 0.341 e. The number of esters is 1. The Bertz CT molecular complexity index is 875. The number of aryl methyl sites for hydroxylation is 1. The van der Waals surface area contributed by atoms with Crippen molar-refractivity contribution in [1.29, 1.82) is 0 Å². The molecule has 0 saturated heterocycles. The number of para-hydroxylation sites is 1. The smallest absolute Gasteiger partial charge is 0.341 e. The molecule has 0 saturated carbocycles. The molecule has 0 unspecified atom stereocenters. The molecule has 2 amide bonds. The van der Waals surface area contributed by atoms with Crippen LogP contribution in [0.15, 0.2) is 40.8 Å². The fraction of sp³-hybridized carbons (Fsp3) is 0.409. The minimum atomic E-state index is -0.724. The zero-order valence-electron chi connectivity index (χ0n) is 17.9. The summed E-state index contributed by atoms with van der Waals surface area (Å²) in [6, 6.07) is 9.81. The third-order valence-electron chi connectivity index (χ3n) is 4.51. The molecule has 30 heavy (non-hydrogen) atoms. The zero-order chi connectivity index (χ0) is 22.3. The average Bonchev–Trinajstić information content (AvgIpc) is 3.09. The predicted octanol–water partition coefficient (Wildman–Crippen LogP) is 2.55. The van der Waals surface area contributed by atoms with Crippen LogP contribution in [0.2, 0.25) is 0 Å². The van der Waals surface area contributed by atoms with E-state index in [1.165, 1.54) is 12.0 Å². The number of hydrogen-bond acceptors (Lipinski definition) is 6. The molecule has 1 N–H and O–H groups in total. The molecule has 1 atom stereocenters. The highest BCUT2D eigenvalue weighted by molar-refractivity contribution is 5.90. The van der Waals surface area contributed by atoms with Gasteiger partial charge in [-0.05, 0) is 31.0 Å². The molecule has 0 aliphatic carbocycles. The largest absolute Gasteiger partial charge is 0.484 e.